The van der Waals surface area contributed by atoms with Gasteiger partial charge in [-0.25, -0.2) is 5.43 Å². The maximum absolute atomic E-state index is 12.5. The molecule has 0 aliphatic carbocycles. The average Bonchev–Trinajstić information content (AvgIpc) is 2.67. The minimum Gasteiger partial charge on any atom is -0.335 e. The molecule has 0 radical (unpaired) electrons. The van der Waals surface area contributed by atoms with Gasteiger partial charge in [0.15, 0.2) is 0 Å². The van der Waals surface area contributed by atoms with Crippen LogP contribution in [0.15, 0.2) is 29.4 Å². The summed E-state index contributed by atoms with van der Waals surface area (Å²) >= 11 is 0. The predicted octanol–water partition coefficient (Wildman–Crippen LogP) is 0.109. The number of carbonyl (C=O) groups is 3. The van der Waals surface area contributed by atoms with Gasteiger partial charge in [-0.2, -0.15) is 10.4 Å². The lowest BCUT2D eigenvalue weighted by Gasteiger charge is -2.35. The second-order valence-corrected chi connectivity index (χ2v) is 5.87. The Morgan fingerprint density at radius 1 is 1.08 bits per heavy atom. The van der Waals surface area contributed by atoms with Crippen LogP contribution >= 0.6 is 0 Å². The van der Waals surface area contributed by atoms with E-state index in [4.69, 9.17) is 5.26 Å². The van der Waals surface area contributed by atoms with Crippen molar-refractivity contribution >= 4 is 23.4 Å². The largest absolute Gasteiger partial charge is 0.335 e. The highest BCUT2D eigenvalue weighted by atomic mass is 16.2. The summed E-state index contributed by atoms with van der Waals surface area (Å²) in [5, 5.41) is 12.8. The number of benzene rings is 1. The Morgan fingerprint density at radius 3 is 2.36 bits per heavy atom. The minimum absolute atomic E-state index is 0.147. The topological polar surface area (TPSA) is 106 Å². The Morgan fingerprint density at radius 2 is 1.76 bits per heavy atom. The third-order valence-corrected chi connectivity index (χ3v) is 4.24. The van der Waals surface area contributed by atoms with Gasteiger partial charge in [0, 0.05) is 44.6 Å². The van der Waals surface area contributed by atoms with E-state index in [0.717, 1.165) is 0 Å². The van der Waals surface area contributed by atoms with Crippen molar-refractivity contribution in [3.05, 3.63) is 35.4 Å². The summed E-state index contributed by atoms with van der Waals surface area (Å²) < 4.78 is 0. The molecule has 128 valence electrons. The lowest BCUT2D eigenvalue weighted by molar-refractivity contribution is -0.126. The van der Waals surface area contributed by atoms with E-state index in [2.05, 4.69) is 10.5 Å². The zero-order chi connectivity index (χ0) is 17.8. The Labute approximate surface area is 144 Å². The summed E-state index contributed by atoms with van der Waals surface area (Å²) in [6.45, 7) is 1.66. The molecule has 3 amide bonds. The van der Waals surface area contributed by atoms with Crippen molar-refractivity contribution in [1.82, 2.24) is 15.2 Å². The van der Waals surface area contributed by atoms with E-state index in [0.29, 0.717) is 49.4 Å². The molecule has 2 heterocycles. The van der Waals surface area contributed by atoms with Gasteiger partial charge in [0.05, 0.1) is 11.6 Å². The number of rotatable bonds is 2. The van der Waals surface area contributed by atoms with E-state index < -0.39 is 0 Å². The zero-order valence-electron chi connectivity index (χ0n) is 13.6. The quantitative estimate of drug-likeness (QED) is 0.825. The SMILES string of the molecule is N#Cc1cccc(C(=O)N2CCN(C(=O)C3=NNC(=O)CC3)CC2)c1. The summed E-state index contributed by atoms with van der Waals surface area (Å²) in [5.74, 6) is -0.531. The van der Waals surface area contributed by atoms with E-state index in [1.807, 2.05) is 6.07 Å². The molecule has 1 aromatic carbocycles. The maximum atomic E-state index is 12.5. The van der Waals surface area contributed by atoms with Crippen molar-refractivity contribution in [2.75, 3.05) is 26.2 Å². The number of hydrogen-bond donors (Lipinski definition) is 1. The Balaban J connectivity index is 1.60. The minimum atomic E-state index is -0.196. The van der Waals surface area contributed by atoms with Gasteiger partial charge in [0.25, 0.3) is 11.8 Å². The van der Waals surface area contributed by atoms with Crippen molar-refractivity contribution in [3.63, 3.8) is 0 Å². The second kappa shape index (κ2) is 7.13. The summed E-state index contributed by atoms with van der Waals surface area (Å²) in [7, 11) is 0. The molecule has 0 unspecified atom stereocenters. The van der Waals surface area contributed by atoms with Crippen molar-refractivity contribution < 1.29 is 14.4 Å². The van der Waals surface area contributed by atoms with Crippen LogP contribution in [0.1, 0.15) is 28.8 Å². The smallest absolute Gasteiger partial charge is 0.270 e. The van der Waals surface area contributed by atoms with Gasteiger partial charge in [-0.05, 0) is 18.2 Å². The van der Waals surface area contributed by atoms with Crippen LogP contribution in [0, 0.1) is 11.3 Å². The lowest BCUT2D eigenvalue weighted by Crippen LogP contribution is -2.52. The molecule has 0 spiro atoms. The Kier molecular flexibility index (Phi) is 4.75. The van der Waals surface area contributed by atoms with Crippen LogP contribution in [-0.4, -0.2) is 59.4 Å². The first-order valence-electron chi connectivity index (χ1n) is 8.02. The van der Waals surface area contributed by atoms with Crippen molar-refractivity contribution in [2.24, 2.45) is 5.10 Å². The van der Waals surface area contributed by atoms with Crippen molar-refractivity contribution in [3.8, 4) is 6.07 Å². The van der Waals surface area contributed by atoms with Gasteiger partial charge in [0.1, 0.15) is 5.71 Å². The predicted molar refractivity (Wildman–Crippen MR) is 88.5 cm³/mol. The number of nitriles is 1. The molecule has 2 aliphatic rings. The van der Waals surface area contributed by atoms with Crippen LogP contribution in [-0.2, 0) is 9.59 Å². The molecule has 2 aliphatic heterocycles. The zero-order valence-corrected chi connectivity index (χ0v) is 13.6. The molecule has 8 heteroatoms. The van der Waals surface area contributed by atoms with Gasteiger partial charge < -0.3 is 9.80 Å². The molecule has 1 N–H and O–H groups in total. The van der Waals surface area contributed by atoms with Gasteiger partial charge >= 0.3 is 0 Å². The first kappa shape index (κ1) is 16.6. The number of hydrazone groups is 1. The fourth-order valence-electron chi connectivity index (χ4n) is 2.83. The van der Waals surface area contributed by atoms with Crippen molar-refractivity contribution in [1.29, 1.82) is 5.26 Å². The highest BCUT2D eigenvalue weighted by Gasteiger charge is 2.28. The van der Waals surface area contributed by atoms with Crippen molar-refractivity contribution in [2.45, 2.75) is 12.8 Å². The highest BCUT2D eigenvalue weighted by molar-refractivity contribution is 6.39. The van der Waals surface area contributed by atoms with E-state index in [1.54, 1.807) is 34.1 Å². The van der Waals surface area contributed by atoms with Gasteiger partial charge in [-0.3, -0.25) is 14.4 Å². The molecule has 1 aromatic rings. The molecular formula is C17H17N5O3. The van der Waals surface area contributed by atoms with E-state index in [-0.39, 0.29) is 24.1 Å². The molecule has 1 saturated heterocycles. The van der Waals surface area contributed by atoms with Crippen LogP contribution in [0.4, 0.5) is 0 Å². The van der Waals surface area contributed by atoms with Crippen LogP contribution < -0.4 is 5.43 Å². The maximum Gasteiger partial charge on any atom is 0.270 e. The number of amides is 3. The molecule has 0 aromatic heterocycles. The summed E-state index contributed by atoms with van der Waals surface area (Å²) in [6, 6.07) is 8.60. The van der Waals surface area contributed by atoms with E-state index in [1.165, 1.54) is 0 Å². The van der Waals surface area contributed by atoms with E-state index in [9.17, 15) is 14.4 Å². The molecule has 8 nitrogen and oxygen atoms in total. The number of hydrogen-bond acceptors (Lipinski definition) is 5. The molecule has 3 rings (SSSR count). The summed E-state index contributed by atoms with van der Waals surface area (Å²) in [6.07, 6.45) is 0.600. The van der Waals surface area contributed by atoms with Gasteiger partial charge in [-0.15, -0.1) is 0 Å². The number of nitrogens with zero attached hydrogens (tertiary/aromatic N) is 4. The van der Waals surface area contributed by atoms with E-state index >= 15 is 0 Å². The Bertz CT molecular complexity index is 788. The highest BCUT2D eigenvalue weighted by Crippen LogP contribution is 2.12. The van der Waals surface area contributed by atoms with Gasteiger partial charge in [0.2, 0.25) is 5.91 Å². The normalized spacial score (nSPS) is 17.4. The molecule has 0 saturated carbocycles. The van der Waals surface area contributed by atoms with Gasteiger partial charge in [-0.1, -0.05) is 6.07 Å². The number of nitrogens with one attached hydrogen (secondary N) is 1. The first-order chi connectivity index (χ1) is 12.1. The Hall–Kier alpha value is -3.21. The monoisotopic (exact) mass is 339 g/mol. The molecule has 0 bridgehead atoms. The molecule has 0 atom stereocenters. The fourth-order valence-corrected chi connectivity index (χ4v) is 2.83. The average molecular weight is 339 g/mol. The standard InChI is InChI=1S/C17H17N5O3/c18-11-12-2-1-3-13(10-12)16(24)21-6-8-22(9-7-21)17(25)14-4-5-15(23)20-19-14/h1-3,10H,4-9H2,(H,20,23). The fraction of sp³-hybridized carbons (Fsp3) is 0.353. The number of piperazine rings is 1. The molecular weight excluding hydrogens is 322 g/mol. The lowest BCUT2D eigenvalue weighted by atomic mass is 10.1. The molecule has 25 heavy (non-hydrogen) atoms. The van der Waals surface area contributed by atoms with Crippen LogP contribution in [0.25, 0.3) is 0 Å². The summed E-state index contributed by atoms with van der Waals surface area (Å²) in [5.41, 5.74) is 3.58. The third kappa shape index (κ3) is 3.66. The second-order valence-electron chi connectivity index (χ2n) is 5.87. The third-order valence-electron chi connectivity index (χ3n) is 4.24. The first-order valence-corrected chi connectivity index (χ1v) is 8.02. The van der Waals surface area contributed by atoms with Crippen LogP contribution in [0.2, 0.25) is 0 Å². The summed E-state index contributed by atoms with van der Waals surface area (Å²) in [4.78, 5) is 39.3. The molecule has 1 fully saturated rings. The van der Waals surface area contributed by atoms with Crippen LogP contribution in [0.3, 0.4) is 0 Å². The van der Waals surface area contributed by atoms with Crippen LogP contribution in [0.5, 0.6) is 0 Å². The number of carbonyl (C=O) groups excluding carboxylic acids is 3.